The Balaban J connectivity index is 1.94. The summed E-state index contributed by atoms with van der Waals surface area (Å²) in [6, 6.07) is 11.3. The van der Waals surface area contributed by atoms with Crippen LogP contribution in [0, 0.1) is 0 Å². The van der Waals surface area contributed by atoms with Gasteiger partial charge in [-0.15, -0.1) is 11.8 Å². The highest BCUT2D eigenvalue weighted by molar-refractivity contribution is 7.99. The topological polar surface area (TPSA) is 12.0 Å². The van der Waals surface area contributed by atoms with Crippen LogP contribution in [-0.2, 0) is 0 Å². The lowest BCUT2D eigenvalue weighted by Crippen LogP contribution is -2.48. The van der Waals surface area contributed by atoms with Crippen molar-refractivity contribution in [3.63, 3.8) is 0 Å². The van der Waals surface area contributed by atoms with Gasteiger partial charge in [0.2, 0.25) is 0 Å². The van der Waals surface area contributed by atoms with Crippen LogP contribution >= 0.6 is 11.8 Å². The third-order valence-corrected chi connectivity index (χ3v) is 4.72. The normalized spacial score (nSPS) is 18.8. The van der Waals surface area contributed by atoms with Gasteiger partial charge in [-0.05, 0) is 25.0 Å². The predicted molar refractivity (Wildman–Crippen MR) is 76.6 cm³/mol. The molecule has 0 aliphatic heterocycles. The Morgan fingerprint density at radius 1 is 1.18 bits per heavy atom. The van der Waals surface area contributed by atoms with E-state index in [0.29, 0.717) is 11.6 Å². The summed E-state index contributed by atoms with van der Waals surface area (Å²) in [5.74, 6) is 1.20. The van der Waals surface area contributed by atoms with Crippen LogP contribution in [0.1, 0.15) is 39.5 Å². The molecule has 0 spiro atoms. The zero-order valence-corrected chi connectivity index (χ0v) is 11.7. The monoisotopic (exact) mass is 249 g/mol. The third-order valence-electron chi connectivity index (χ3n) is 3.41. The van der Waals surface area contributed by atoms with Gasteiger partial charge in [0.05, 0.1) is 0 Å². The minimum absolute atomic E-state index is 0.384. The first-order valence-corrected chi connectivity index (χ1v) is 7.64. The van der Waals surface area contributed by atoms with E-state index >= 15 is 0 Å². The fourth-order valence-electron chi connectivity index (χ4n) is 2.73. The molecule has 2 heteroatoms. The van der Waals surface area contributed by atoms with Crippen molar-refractivity contribution in [1.82, 2.24) is 5.32 Å². The maximum absolute atomic E-state index is 3.80. The fraction of sp³-hybridized carbons (Fsp3) is 0.600. The molecular formula is C15H23NS. The predicted octanol–water partition coefficient (Wildman–Crippen LogP) is 4.09. The van der Waals surface area contributed by atoms with E-state index in [2.05, 4.69) is 49.5 Å². The number of nitrogens with one attached hydrogen (secondary N) is 1. The van der Waals surface area contributed by atoms with Crippen molar-refractivity contribution in [2.75, 3.05) is 5.75 Å². The van der Waals surface area contributed by atoms with E-state index in [1.165, 1.54) is 36.3 Å². The summed E-state index contributed by atoms with van der Waals surface area (Å²) in [7, 11) is 0. The number of hydrogen-bond donors (Lipinski definition) is 1. The molecule has 1 fully saturated rings. The first-order chi connectivity index (χ1) is 8.20. The second kappa shape index (κ2) is 5.92. The molecule has 0 aromatic heterocycles. The van der Waals surface area contributed by atoms with Crippen molar-refractivity contribution >= 4 is 11.8 Å². The smallest absolute Gasteiger partial charge is 0.0277 e. The summed E-state index contributed by atoms with van der Waals surface area (Å²) < 4.78 is 0. The summed E-state index contributed by atoms with van der Waals surface area (Å²) >= 11 is 2.00. The van der Waals surface area contributed by atoms with Crippen molar-refractivity contribution < 1.29 is 0 Å². The highest BCUT2D eigenvalue weighted by atomic mass is 32.2. The molecule has 1 nitrogen and oxygen atoms in total. The highest BCUT2D eigenvalue weighted by Gasteiger charge is 2.33. The molecule has 0 radical (unpaired) electrons. The van der Waals surface area contributed by atoms with Gasteiger partial charge in [0.15, 0.2) is 0 Å². The minimum Gasteiger partial charge on any atom is -0.308 e. The van der Waals surface area contributed by atoms with Crippen LogP contribution in [0.4, 0.5) is 0 Å². The van der Waals surface area contributed by atoms with Crippen LogP contribution in [0.25, 0.3) is 0 Å². The standard InChI is InChI=1S/C15H23NS/c1-13(2)16-15(10-6-7-11-15)12-17-14-8-4-3-5-9-14/h3-5,8-9,13,16H,6-7,10-12H2,1-2H3. The fourth-order valence-corrected chi connectivity index (χ4v) is 3.90. The molecule has 2 rings (SSSR count). The van der Waals surface area contributed by atoms with Crippen LogP contribution in [0.15, 0.2) is 35.2 Å². The second-order valence-electron chi connectivity index (χ2n) is 5.39. The van der Waals surface area contributed by atoms with Gasteiger partial charge in [0.25, 0.3) is 0 Å². The lowest BCUT2D eigenvalue weighted by Gasteiger charge is -2.32. The lowest BCUT2D eigenvalue weighted by molar-refractivity contribution is 0.341. The zero-order chi connectivity index (χ0) is 12.1. The van der Waals surface area contributed by atoms with Crippen molar-refractivity contribution in [2.45, 2.75) is 56.0 Å². The molecule has 17 heavy (non-hydrogen) atoms. The Hall–Kier alpha value is -0.470. The first-order valence-electron chi connectivity index (χ1n) is 6.66. The van der Waals surface area contributed by atoms with Crippen molar-refractivity contribution in [3.8, 4) is 0 Å². The molecule has 0 amide bonds. The maximum Gasteiger partial charge on any atom is 0.0277 e. The Morgan fingerprint density at radius 3 is 2.41 bits per heavy atom. The first kappa shape index (κ1) is 13.0. The second-order valence-corrected chi connectivity index (χ2v) is 6.44. The summed E-state index contributed by atoms with van der Waals surface area (Å²) in [5, 5.41) is 3.80. The number of hydrogen-bond acceptors (Lipinski definition) is 2. The molecule has 0 saturated heterocycles. The van der Waals surface area contributed by atoms with Crippen LogP contribution in [0.5, 0.6) is 0 Å². The van der Waals surface area contributed by atoms with Crippen LogP contribution in [-0.4, -0.2) is 17.3 Å². The molecule has 0 bridgehead atoms. The molecule has 1 aliphatic rings. The van der Waals surface area contributed by atoms with Gasteiger partial charge in [-0.2, -0.15) is 0 Å². The van der Waals surface area contributed by atoms with Crippen molar-refractivity contribution in [2.24, 2.45) is 0 Å². The van der Waals surface area contributed by atoms with Gasteiger partial charge in [-0.1, -0.05) is 44.9 Å². The molecular weight excluding hydrogens is 226 g/mol. The van der Waals surface area contributed by atoms with E-state index < -0.39 is 0 Å². The molecule has 0 atom stereocenters. The Bertz CT molecular complexity index is 328. The number of benzene rings is 1. The average Bonchev–Trinajstić information content (AvgIpc) is 2.76. The van der Waals surface area contributed by atoms with Gasteiger partial charge < -0.3 is 5.32 Å². The maximum atomic E-state index is 3.80. The van der Waals surface area contributed by atoms with Gasteiger partial charge >= 0.3 is 0 Å². The van der Waals surface area contributed by atoms with E-state index in [4.69, 9.17) is 0 Å². The van der Waals surface area contributed by atoms with Crippen molar-refractivity contribution in [3.05, 3.63) is 30.3 Å². The van der Waals surface area contributed by atoms with Crippen LogP contribution < -0.4 is 5.32 Å². The Morgan fingerprint density at radius 2 is 1.82 bits per heavy atom. The van der Waals surface area contributed by atoms with Gasteiger partial charge in [-0.3, -0.25) is 0 Å². The van der Waals surface area contributed by atoms with Gasteiger partial charge in [-0.25, -0.2) is 0 Å². The molecule has 94 valence electrons. The molecule has 1 N–H and O–H groups in total. The van der Waals surface area contributed by atoms with Gasteiger partial charge in [0.1, 0.15) is 0 Å². The summed E-state index contributed by atoms with van der Waals surface area (Å²) in [6.07, 6.45) is 5.44. The summed E-state index contributed by atoms with van der Waals surface area (Å²) in [5.41, 5.74) is 0.384. The largest absolute Gasteiger partial charge is 0.308 e. The summed E-state index contributed by atoms with van der Waals surface area (Å²) in [6.45, 7) is 4.51. The highest BCUT2D eigenvalue weighted by Crippen LogP contribution is 2.35. The third kappa shape index (κ3) is 3.75. The van der Waals surface area contributed by atoms with Crippen molar-refractivity contribution in [1.29, 1.82) is 0 Å². The molecule has 1 aromatic carbocycles. The van der Waals surface area contributed by atoms with E-state index in [1.54, 1.807) is 0 Å². The van der Waals surface area contributed by atoms with E-state index in [-0.39, 0.29) is 0 Å². The average molecular weight is 249 g/mol. The van der Waals surface area contributed by atoms with E-state index in [9.17, 15) is 0 Å². The number of rotatable bonds is 5. The van der Waals surface area contributed by atoms with E-state index in [0.717, 1.165) is 0 Å². The van der Waals surface area contributed by atoms with Crippen LogP contribution in [0.2, 0.25) is 0 Å². The van der Waals surface area contributed by atoms with E-state index in [1.807, 2.05) is 11.8 Å². The minimum atomic E-state index is 0.384. The molecule has 0 heterocycles. The number of thioether (sulfide) groups is 1. The zero-order valence-electron chi connectivity index (χ0n) is 10.9. The molecule has 1 aliphatic carbocycles. The Labute approximate surface area is 109 Å². The Kier molecular flexibility index (Phi) is 4.52. The lowest BCUT2D eigenvalue weighted by atomic mass is 9.99. The van der Waals surface area contributed by atoms with Crippen LogP contribution in [0.3, 0.4) is 0 Å². The quantitative estimate of drug-likeness (QED) is 0.789. The van der Waals surface area contributed by atoms with Gasteiger partial charge in [0, 0.05) is 22.2 Å². The molecule has 0 unspecified atom stereocenters. The molecule has 1 aromatic rings. The summed E-state index contributed by atoms with van der Waals surface area (Å²) in [4.78, 5) is 1.39. The SMILES string of the molecule is CC(C)NC1(CSc2ccccc2)CCCC1. The molecule has 1 saturated carbocycles.